The van der Waals surface area contributed by atoms with Crippen molar-refractivity contribution in [2.24, 2.45) is 4.99 Å². The Labute approximate surface area is 151 Å². The van der Waals surface area contributed by atoms with Crippen molar-refractivity contribution in [3.05, 3.63) is 47.5 Å². The molecule has 1 aliphatic rings. The van der Waals surface area contributed by atoms with E-state index in [1.165, 1.54) is 11.1 Å². The monoisotopic (exact) mass is 413 g/mol. The summed E-state index contributed by atoms with van der Waals surface area (Å²) in [5.74, 6) is 0.892. The molecule has 1 aliphatic carbocycles. The SMILES string of the molecule is CN=C(NCC(C)(C)c1ccc(C)cc1)NC1CC=CC1.I. The van der Waals surface area contributed by atoms with Gasteiger partial charge in [0.05, 0.1) is 0 Å². The molecule has 3 nitrogen and oxygen atoms in total. The lowest BCUT2D eigenvalue weighted by atomic mass is 9.84. The summed E-state index contributed by atoms with van der Waals surface area (Å²) in [6.45, 7) is 7.50. The molecule has 122 valence electrons. The highest BCUT2D eigenvalue weighted by molar-refractivity contribution is 14.0. The number of nitrogens with one attached hydrogen (secondary N) is 2. The summed E-state index contributed by atoms with van der Waals surface area (Å²) in [7, 11) is 1.83. The molecular weight excluding hydrogens is 385 g/mol. The maximum absolute atomic E-state index is 4.33. The van der Waals surface area contributed by atoms with Gasteiger partial charge < -0.3 is 10.6 Å². The third-order valence-electron chi connectivity index (χ3n) is 4.10. The van der Waals surface area contributed by atoms with E-state index >= 15 is 0 Å². The lowest BCUT2D eigenvalue weighted by Gasteiger charge is -2.27. The highest BCUT2D eigenvalue weighted by Crippen LogP contribution is 2.22. The van der Waals surface area contributed by atoms with Crippen molar-refractivity contribution in [2.75, 3.05) is 13.6 Å². The summed E-state index contributed by atoms with van der Waals surface area (Å²) in [6, 6.07) is 9.27. The van der Waals surface area contributed by atoms with Crippen LogP contribution in [-0.2, 0) is 5.41 Å². The van der Waals surface area contributed by atoms with Gasteiger partial charge >= 0.3 is 0 Å². The Hall–Kier alpha value is -1.04. The van der Waals surface area contributed by atoms with E-state index < -0.39 is 0 Å². The highest BCUT2D eigenvalue weighted by atomic mass is 127. The summed E-state index contributed by atoms with van der Waals surface area (Å²) in [6.07, 6.45) is 6.62. The molecule has 0 unspecified atom stereocenters. The Morgan fingerprint density at radius 2 is 1.77 bits per heavy atom. The summed E-state index contributed by atoms with van der Waals surface area (Å²) in [5.41, 5.74) is 2.71. The highest BCUT2D eigenvalue weighted by Gasteiger charge is 2.21. The first kappa shape index (κ1) is 19.0. The Morgan fingerprint density at radius 1 is 1.18 bits per heavy atom. The average Bonchev–Trinajstić information content (AvgIpc) is 2.97. The van der Waals surface area contributed by atoms with Gasteiger partial charge in [0.25, 0.3) is 0 Å². The van der Waals surface area contributed by atoms with E-state index in [0.29, 0.717) is 6.04 Å². The van der Waals surface area contributed by atoms with E-state index in [1.54, 1.807) is 0 Å². The molecule has 2 N–H and O–H groups in total. The van der Waals surface area contributed by atoms with Gasteiger partial charge in [0.1, 0.15) is 0 Å². The van der Waals surface area contributed by atoms with Crippen LogP contribution in [0.2, 0.25) is 0 Å². The number of aryl methyl sites for hydroxylation is 1. The number of benzene rings is 1. The van der Waals surface area contributed by atoms with Crippen molar-refractivity contribution < 1.29 is 0 Å². The first-order valence-electron chi connectivity index (χ1n) is 7.70. The van der Waals surface area contributed by atoms with Crippen LogP contribution >= 0.6 is 24.0 Å². The first-order valence-corrected chi connectivity index (χ1v) is 7.70. The van der Waals surface area contributed by atoms with Crippen LogP contribution in [0.1, 0.15) is 37.8 Å². The van der Waals surface area contributed by atoms with Crippen LogP contribution in [0.5, 0.6) is 0 Å². The molecule has 1 aromatic rings. The van der Waals surface area contributed by atoms with Crippen molar-refractivity contribution in [1.82, 2.24) is 10.6 Å². The predicted octanol–water partition coefficient (Wildman–Crippen LogP) is 3.77. The molecule has 2 rings (SSSR count). The number of guanidine groups is 1. The maximum Gasteiger partial charge on any atom is 0.191 e. The third-order valence-corrected chi connectivity index (χ3v) is 4.10. The van der Waals surface area contributed by atoms with Crippen LogP contribution in [0.3, 0.4) is 0 Å². The molecule has 0 radical (unpaired) electrons. The smallest absolute Gasteiger partial charge is 0.191 e. The zero-order valence-electron chi connectivity index (χ0n) is 14.0. The summed E-state index contributed by atoms with van der Waals surface area (Å²) in [5, 5.41) is 6.94. The lowest BCUT2D eigenvalue weighted by Crippen LogP contribution is -2.46. The zero-order chi connectivity index (χ0) is 15.3. The van der Waals surface area contributed by atoms with E-state index in [-0.39, 0.29) is 29.4 Å². The van der Waals surface area contributed by atoms with Gasteiger partial charge in [-0.25, -0.2) is 0 Å². The third kappa shape index (κ3) is 5.30. The molecule has 0 heterocycles. The Bertz CT molecular complexity index is 510. The normalized spacial score (nSPS) is 15.5. The van der Waals surface area contributed by atoms with Crippen LogP contribution in [-0.4, -0.2) is 25.6 Å². The topological polar surface area (TPSA) is 36.4 Å². The predicted molar refractivity (Wildman–Crippen MR) is 106 cm³/mol. The minimum absolute atomic E-state index is 0. The van der Waals surface area contributed by atoms with Crippen LogP contribution in [0, 0.1) is 6.92 Å². The Balaban J connectivity index is 0.00000242. The largest absolute Gasteiger partial charge is 0.356 e. The maximum atomic E-state index is 4.33. The molecule has 0 saturated carbocycles. The van der Waals surface area contributed by atoms with Gasteiger partial charge in [0.2, 0.25) is 0 Å². The van der Waals surface area contributed by atoms with Gasteiger partial charge in [0.15, 0.2) is 5.96 Å². The summed E-state index contributed by atoms with van der Waals surface area (Å²) < 4.78 is 0. The fourth-order valence-corrected chi connectivity index (χ4v) is 2.53. The molecule has 0 bridgehead atoms. The fraction of sp³-hybridized carbons (Fsp3) is 0.500. The van der Waals surface area contributed by atoms with Gasteiger partial charge in [-0.2, -0.15) is 0 Å². The standard InChI is InChI=1S/C18H27N3.HI/c1-14-9-11-15(12-10-14)18(2,3)13-20-17(19-4)21-16-7-5-6-8-16;/h5-6,9-12,16H,7-8,13H2,1-4H3,(H2,19,20,21);1H. The van der Waals surface area contributed by atoms with Gasteiger partial charge in [-0.1, -0.05) is 55.8 Å². The Kier molecular flexibility index (Phi) is 7.39. The second kappa shape index (κ2) is 8.56. The molecule has 0 aliphatic heterocycles. The van der Waals surface area contributed by atoms with E-state index in [1.807, 2.05) is 7.05 Å². The van der Waals surface area contributed by atoms with Gasteiger partial charge in [-0.3, -0.25) is 4.99 Å². The van der Waals surface area contributed by atoms with E-state index in [4.69, 9.17) is 0 Å². The van der Waals surface area contributed by atoms with Crippen molar-refractivity contribution in [3.63, 3.8) is 0 Å². The summed E-state index contributed by atoms with van der Waals surface area (Å²) in [4.78, 5) is 4.33. The van der Waals surface area contributed by atoms with E-state index in [2.05, 4.69) is 72.8 Å². The molecule has 22 heavy (non-hydrogen) atoms. The van der Waals surface area contributed by atoms with E-state index in [9.17, 15) is 0 Å². The number of hydrogen-bond acceptors (Lipinski definition) is 1. The van der Waals surface area contributed by atoms with Crippen molar-refractivity contribution in [2.45, 2.75) is 45.1 Å². The summed E-state index contributed by atoms with van der Waals surface area (Å²) >= 11 is 0. The van der Waals surface area contributed by atoms with Gasteiger partial charge in [-0.05, 0) is 25.3 Å². The number of hydrogen-bond donors (Lipinski definition) is 2. The van der Waals surface area contributed by atoms with Crippen LogP contribution in [0.25, 0.3) is 0 Å². The quantitative estimate of drug-likeness (QED) is 0.341. The molecule has 0 saturated heterocycles. The van der Waals surface area contributed by atoms with Crippen LogP contribution in [0.15, 0.2) is 41.4 Å². The van der Waals surface area contributed by atoms with Crippen molar-refractivity contribution >= 4 is 29.9 Å². The molecule has 0 atom stereocenters. The number of nitrogens with zero attached hydrogens (tertiary/aromatic N) is 1. The molecule has 0 spiro atoms. The minimum atomic E-state index is 0. The average molecular weight is 413 g/mol. The van der Waals surface area contributed by atoms with Gasteiger partial charge in [-0.15, -0.1) is 24.0 Å². The lowest BCUT2D eigenvalue weighted by molar-refractivity contribution is 0.504. The van der Waals surface area contributed by atoms with Crippen molar-refractivity contribution in [1.29, 1.82) is 0 Å². The van der Waals surface area contributed by atoms with Gasteiger partial charge in [0, 0.05) is 25.0 Å². The first-order chi connectivity index (χ1) is 10.0. The van der Waals surface area contributed by atoms with Crippen molar-refractivity contribution in [3.8, 4) is 0 Å². The molecular formula is C18H28IN3. The number of rotatable bonds is 4. The van der Waals surface area contributed by atoms with Crippen LogP contribution in [0.4, 0.5) is 0 Å². The Morgan fingerprint density at radius 3 is 2.32 bits per heavy atom. The second-order valence-corrected chi connectivity index (χ2v) is 6.46. The number of halogens is 1. The molecule has 0 fully saturated rings. The molecule has 1 aromatic carbocycles. The number of aliphatic imine (C=N–C) groups is 1. The fourth-order valence-electron chi connectivity index (χ4n) is 2.53. The van der Waals surface area contributed by atoms with Crippen LogP contribution < -0.4 is 10.6 Å². The minimum Gasteiger partial charge on any atom is -0.356 e. The zero-order valence-corrected chi connectivity index (χ0v) is 16.3. The van der Waals surface area contributed by atoms with E-state index in [0.717, 1.165) is 25.3 Å². The molecule has 0 aromatic heterocycles. The molecule has 0 amide bonds. The second-order valence-electron chi connectivity index (χ2n) is 6.46. The molecule has 4 heteroatoms.